The number of hydrogen-bond donors (Lipinski definition) is 1. The van der Waals surface area contributed by atoms with Gasteiger partial charge in [-0.1, -0.05) is 23.7 Å². The number of alkyl halides is 2. The summed E-state index contributed by atoms with van der Waals surface area (Å²) in [7, 11) is 0. The van der Waals surface area contributed by atoms with E-state index in [9.17, 15) is 18.0 Å². The SMILES string of the molecule is O=C(Nc1nn(Cc2c(F)cccc2Cl)cc1Br)c1cccc(OC(F)F)c1. The molecular weight excluding hydrogens is 463 g/mol. The van der Waals surface area contributed by atoms with E-state index < -0.39 is 18.3 Å². The third-order valence-electron chi connectivity index (χ3n) is 3.65. The Hall–Kier alpha value is -2.52. The summed E-state index contributed by atoms with van der Waals surface area (Å²) in [6.45, 7) is -2.94. The molecular formula is C18H12BrClF3N3O2. The van der Waals surface area contributed by atoms with E-state index in [2.05, 4.69) is 31.1 Å². The van der Waals surface area contributed by atoms with Crippen LogP contribution in [0.1, 0.15) is 15.9 Å². The standard InChI is InChI=1S/C18H12BrClF3N3O2/c19-13-9-26(8-12-14(20)5-2-6-15(12)21)25-16(13)24-17(27)10-3-1-4-11(7-10)28-18(22)23/h1-7,9,18H,8H2,(H,24,25,27). The fourth-order valence-electron chi connectivity index (χ4n) is 2.40. The highest BCUT2D eigenvalue weighted by molar-refractivity contribution is 9.10. The molecule has 0 fully saturated rings. The quantitative estimate of drug-likeness (QED) is 0.525. The lowest BCUT2D eigenvalue weighted by atomic mass is 10.2. The first-order chi connectivity index (χ1) is 13.3. The summed E-state index contributed by atoms with van der Waals surface area (Å²) in [5.74, 6) is -1.01. The zero-order valence-electron chi connectivity index (χ0n) is 14.0. The van der Waals surface area contributed by atoms with Crippen LogP contribution >= 0.6 is 27.5 Å². The van der Waals surface area contributed by atoms with Crippen LogP contribution in [0.2, 0.25) is 5.02 Å². The molecule has 0 bridgehead atoms. The number of aromatic nitrogens is 2. The van der Waals surface area contributed by atoms with Crippen molar-refractivity contribution >= 4 is 39.3 Å². The highest BCUT2D eigenvalue weighted by Gasteiger charge is 2.15. The lowest BCUT2D eigenvalue weighted by Crippen LogP contribution is -2.13. The number of anilines is 1. The van der Waals surface area contributed by atoms with E-state index >= 15 is 0 Å². The van der Waals surface area contributed by atoms with Gasteiger partial charge in [0.2, 0.25) is 0 Å². The second-order valence-corrected chi connectivity index (χ2v) is 6.85. The topological polar surface area (TPSA) is 56.2 Å². The minimum absolute atomic E-state index is 0.0533. The number of carbonyl (C=O) groups excluding carboxylic acids is 1. The Morgan fingerprint density at radius 2 is 2.04 bits per heavy atom. The summed E-state index contributed by atoms with van der Waals surface area (Å²) in [5, 5.41) is 7.00. The van der Waals surface area contributed by atoms with Crippen molar-refractivity contribution in [1.29, 1.82) is 0 Å². The number of nitrogens with zero attached hydrogens (tertiary/aromatic N) is 2. The van der Waals surface area contributed by atoms with Gasteiger partial charge in [0.15, 0.2) is 5.82 Å². The van der Waals surface area contributed by atoms with Crippen molar-refractivity contribution in [1.82, 2.24) is 9.78 Å². The van der Waals surface area contributed by atoms with Gasteiger partial charge >= 0.3 is 6.61 Å². The van der Waals surface area contributed by atoms with Crippen molar-refractivity contribution in [3.63, 3.8) is 0 Å². The van der Waals surface area contributed by atoms with Crippen LogP contribution in [0.5, 0.6) is 5.75 Å². The molecule has 0 saturated heterocycles. The van der Waals surface area contributed by atoms with E-state index in [1.807, 2.05) is 0 Å². The predicted octanol–water partition coefficient (Wildman–Crippen LogP) is 5.34. The first-order valence-electron chi connectivity index (χ1n) is 7.85. The second kappa shape index (κ2) is 8.66. The second-order valence-electron chi connectivity index (χ2n) is 5.58. The third-order valence-corrected chi connectivity index (χ3v) is 4.59. The number of benzene rings is 2. The number of amides is 1. The number of carbonyl (C=O) groups is 1. The molecule has 0 aliphatic rings. The number of nitrogens with one attached hydrogen (secondary N) is 1. The van der Waals surface area contributed by atoms with Gasteiger partial charge in [-0.05, 0) is 46.3 Å². The van der Waals surface area contributed by atoms with Crippen LogP contribution in [0, 0.1) is 5.82 Å². The summed E-state index contributed by atoms with van der Waals surface area (Å²) in [5.41, 5.74) is 0.366. The molecule has 5 nitrogen and oxygen atoms in total. The predicted molar refractivity (Wildman–Crippen MR) is 101 cm³/mol. The summed E-state index contributed by atoms with van der Waals surface area (Å²) < 4.78 is 44.7. The van der Waals surface area contributed by atoms with Gasteiger partial charge in [0.25, 0.3) is 5.91 Å². The van der Waals surface area contributed by atoms with Crippen LogP contribution < -0.4 is 10.1 Å². The number of hydrogen-bond acceptors (Lipinski definition) is 3. The van der Waals surface area contributed by atoms with Gasteiger partial charge in [0.1, 0.15) is 11.6 Å². The molecule has 0 aliphatic carbocycles. The molecule has 28 heavy (non-hydrogen) atoms. The van der Waals surface area contributed by atoms with Gasteiger partial charge in [-0.2, -0.15) is 13.9 Å². The summed E-state index contributed by atoms with van der Waals surface area (Å²) >= 11 is 9.28. The van der Waals surface area contributed by atoms with Gasteiger partial charge in [0, 0.05) is 22.3 Å². The first-order valence-corrected chi connectivity index (χ1v) is 9.02. The van der Waals surface area contributed by atoms with E-state index in [4.69, 9.17) is 11.6 Å². The van der Waals surface area contributed by atoms with Crippen molar-refractivity contribution in [3.05, 3.63) is 75.1 Å². The minimum atomic E-state index is -2.99. The Morgan fingerprint density at radius 3 is 2.75 bits per heavy atom. The molecule has 1 aromatic heterocycles. The van der Waals surface area contributed by atoms with Crippen molar-refractivity contribution in [2.45, 2.75) is 13.2 Å². The fourth-order valence-corrected chi connectivity index (χ4v) is 3.04. The van der Waals surface area contributed by atoms with Gasteiger partial charge in [-0.3, -0.25) is 9.48 Å². The third kappa shape index (κ3) is 4.85. The highest BCUT2D eigenvalue weighted by atomic mass is 79.9. The maximum atomic E-state index is 13.9. The van der Waals surface area contributed by atoms with Gasteiger partial charge in [0.05, 0.1) is 11.0 Å². The van der Waals surface area contributed by atoms with Crippen molar-refractivity contribution < 1.29 is 22.7 Å². The van der Waals surface area contributed by atoms with Crippen LogP contribution in [0.3, 0.4) is 0 Å². The van der Waals surface area contributed by atoms with Crippen LogP contribution in [-0.2, 0) is 6.54 Å². The number of halogens is 5. The largest absolute Gasteiger partial charge is 0.435 e. The van der Waals surface area contributed by atoms with Crippen LogP contribution in [0.4, 0.5) is 19.0 Å². The Labute approximate surface area is 171 Å². The zero-order chi connectivity index (χ0) is 20.3. The molecule has 3 rings (SSSR count). The van der Waals surface area contributed by atoms with Gasteiger partial charge in [-0.25, -0.2) is 4.39 Å². The molecule has 10 heteroatoms. The first kappa shape index (κ1) is 20.2. The van der Waals surface area contributed by atoms with Crippen LogP contribution in [0.15, 0.2) is 53.1 Å². The molecule has 146 valence electrons. The van der Waals surface area contributed by atoms with Crippen molar-refractivity contribution in [3.8, 4) is 5.75 Å². The Kier molecular flexibility index (Phi) is 6.25. The highest BCUT2D eigenvalue weighted by Crippen LogP contribution is 2.25. The lowest BCUT2D eigenvalue weighted by Gasteiger charge is -2.07. The Balaban J connectivity index is 1.76. The molecule has 3 aromatic rings. The summed E-state index contributed by atoms with van der Waals surface area (Å²) in [6.07, 6.45) is 1.55. The average Bonchev–Trinajstić information content (AvgIpc) is 2.97. The van der Waals surface area contributed by atoms with E-state index in [1.54, 1.807) is 12.3 Å². The van der Waals surface area contributed by atoms with E-state index in [0.717, 1.165) is 0 Å². The van der Waals surface area contributed by atoms with Crippen molar-refractivity contribution in [2.75, 3.05) is 5.32 Å². The molecule has 0 aliphatic heterocycles. The minimum Gasteiger partial charge on any atom is -0.435 e. The van der Waals surface area contributed by atoms with Crippen LogP contribution in [-0.4, -0.2) is 22.3 Å². The fraction of sp³-hybridized carbons (Fsp3) is 0.111. The monoisotopic (exact) mass is 473 g/mol. The van der Waals surface area contributed by atoms with E-state index in [0.29, 0.717) is 4.47 Å². The zero-order valence-corrected chi connectivity index (χ0v) is 16.3. The molecule has 1 heterocycles. The number of rotatable bonds is 6. The molecule has 2 aromatic carbocycles. The molecule has 0 atom stereocenters. The molecule has 1 N–H and O–H groups in total. The van der Waals surface area contributed by atoms with Crippen molar-refractivity contribution in [2.24, 2.45) is 0 Å². The van der Waals surface area contributed by atoms with Gasteiger partial charge in [-0.15, -0.1) is 0 Å². The Bertz CT molecular complexity index is 993. The smallest absolute Gasteiger partial charge is 0.387 e. The molecule has 1 amide bonds. The number of ether oxygens (including phenoxy) is 1. The Morgan fingerprint density at radius 1 is 1.29 bits per heavy atom. The van der Waals surface area contributed by atoms with E-state index in [-0.39, 0.29) is 34.3 Å². The lowest BCUT2D eigenvalue weighted by molar-refractivity contribution is -0.0498. The van der Waals surface area contributed by atoms with E-state index in [1.165, 1.54) is 41.1 Å². The molecule has 0 radical (unpaired) electrons. The molecule has 0 saturated carbocycles. The summed E-state index contributed by atoms with van der Waals surface area (Å²) in [6, 6.07) is 9.71. The molecule has 0 spiro atoms. The average molecular weight is 475 g/mol. The summed E-state index contributed by atoms with van der Waals surface area (Å²) in [4.78, 5) is 12.4. The maximum Gasteiger partial charge on any atom is 0.387 e. The molecule has 0 unspecified atom stereocenters. The normalized spacial score (nSPS) is 10.9. The van der Waals surface area contributed by atoms with Gasteiger partial charge < -0.3 is 10.1 Å². The maximum absolute atomic E-state index is 13.9. The van der Waals surface area contributed by atoms with Crippen LogP contribution in [0.25, 0.3) is 0 Å².